The van der Waals surface area contributed by atoms with Crippen molar-refractivity contribution in [2.75, 3.05) is 5.32 Å². The normalized spacial score (nSPS) is 10.8. The largest absolute Gasteiger partial charge is 0.321 e. The van der Waals surface area contributed by atoms with Gasteiger partial charge in [0.25, 0.3) is 0 Å². The number of thiazole rings is 1. The van der Waals surface area contributed by atoms with E-state index < -0.39 is 0 Å². The first-order chi connectivity index (χ1) is 9.22. The number of rotatable bonds is 3. The first-order valence-electron chi connectivity index (χ1n) is 5.84. The maximum atomic E-state index is 11.9. The zero-order valence-electron chi connectivity index (χ0n) is 10.3. The average molecular weight is 272 g/mol. The summed E-state index contributed by atoms with van der Waals surface area (Å²) in [4.78, 5) is 20.4. The van der Waals surface area contributed by atoms with Crippen LogP contribution in [0.1, 0.15) is 5.69 Å². The fraction of sp³-hybridized carbons (Fsp3) is 0.154. The fourth-order valence-electron chi connectivity index (χ4n) is 1.86. The second-order valence-corrected chi connectivity index (χ2v) is 5.06. The molecule has 0 atom stereocenters. The van der Waals surface area contributed by atoms with Gasteiger partial charge in [-0.1, -0.05) is 12.1 Å². The first kappa shape index (κ1) is 11.9. The molecule has 1 aromatic carbocycles. The number of hydrogen-bond acceptors (Lipinski definition) is 4. The van der Waals surface area contributed by atoms with Gasteiger partial charge in [0.05, 0.1) is 23.1 Å². The average Bonchev–Trinajstić information content (AvgIpc) is 2.97. The van der Waals surface area contributed by atoms with Crippen LogP contribution < -0.4 is 5.32 Å². The number of aryl methyl sites for hydroxylation is 1. The summed E-state index contributed by atoms with van der Waals surface area (Å²) in [6, 6.07) is 7.73. The summed E-state index contributed by atoms with van der Waals surface area (Å²) >= 11 is 1.43. The molecule has 0 unspecified atom stereocenters. The van der Waals surface area contributed by atoms with Crippen molar-refractivity contribution in [3.05, 3.63) is 41.7 Å². The van der Waals surface area contributed by atoms with Crippen LogP contribution in [0.3, 0.4) is 0 Å². The lowest BCUT2D eigenvalue weighted by atomic mass is 10.3. The van der Waals surface area contributed by atoms with Crippen molar-refractivity contribution in [3.8, 4) is 0 Å². The molecule has 0 spiro atoms. The Hall–Kier alpha value is -2.21. The van der Waals surface area contributed by atoms with E-state index in [1.54, 1.807) is 6.33 Å². The maximum absolute atomic E-state index is 11.9. The van der Waals surface area contributed by atoms with E-state index in [1.807, 2.05) is 41.1 Å². The van der Waals surface area contributed by atoms with Crippen LogP contribution >= 0.6 is 11.3 Å². The number of nitrogens with one attached hydrogen (secondary N) is 1. The standard InChI is InChI=1S/C13H12N4OS/c1-9-7-19-13(15-9)16-12(18)6-17-8-14-10-4-2-3-5-11(10)17/h2-5,7-8H,6H2,1H3,(H,15,16,18). The number of hydrogen-bond donors (Lipinski definition) is 1. The number of nitrogens with zero attached hydrogens (tertiary/aromatic N) is 3. The zero-order valence-corrected chi connectivity index (χ0v) is 11.1. The van der Waals surface area contributed by atoms with E-state index in [0.717, 1.165) is 16.7 Å². The summed E-state index contributed by atoms with van der Waals surface area (Å²) in [6.45, 7) is 2.13. The first-order valence-corrected chi connectivity index (χ1v) is 6.72. The van der Waals surface area contributed by atoms with Crippen LogP contribution in [-0.4, -0.2) is 20.4 Å². The Kier molecular flexibility index (Phi) is 3.00. The van der Waals surface area contributed by atoms with Gasteiger partial charge < -0.3 is 9.88 Å². The molecule has 0 saturated carbocycles. The lowest BCUT2D eigenvalue weighted by Crippen LogP contribution is -2.18. The van der Waals surface area contributed by atoms with Crippen molar-refractivity contribution in [1.29, 1.82) is 0 Å². The predicted molar refractivity (Wildman–Crippen MR) is 75.2 cm³/mol. The molecule has 0 aliphatic heterocycles. The molecule has 2 heterocycles. The van der Waals surface area contributed by atoms with Crippen LogP contribution in [0.15, 0.2) is 36.0 Å². The van der Waals surface area contributed by atoms with Crippen molar-refractivity contribution >= 4 is 33.4 Å². The summed E-state index contributed by atoms with van der Waals surface area (Å²) in [5.74, 6) is -0.0995. The SMILES string of the molecule is Cc1csc(NC(=O)Cn2cnc3ccccc32)n1. The molecule has 3 rings (SSSR count). The van der Waals surface area contributed by atoms with Gasteiger partial charge in [-0.2, -0.15) is 0 Å². The second kappa shape index (κ2) is 4.81. The Morgan fingerprint density at radius 1 is 1.42 bits per heavy atom. The maximum Gasteiger partial charge on any atom is 0.246 e. The number of carbonyl (C=O) groups is 1. The van der Waals surface area contributed by atoms with Crippen LogP contribution in [0.4, 0.5) is 5.13 Å². The number of anilines is 1. The van der Waals surface area contributed by atoms with E-state index in [-0.39, 0.29) is 12.5 Å². The van der Waals surface area contributed by atoms with Crippen molar-refractivity contribution < 1.29 is 4.79 Å². The van der Waals surface area contributed by atoms with Crippen molar-refractivity contribution in [1.82, 2.24) is 14.5 Å². The number of aromatic nitrogens is 3. The highest BCUT2D eigenvalue weighted by atomic mass is 32.1. The summed E-state index contributed by atoms with van der Waals surface area (Å²) in [5.41, 5.74) is 2.75. The monoisotopic (exact) mass is 272 g/mol. The van der Waals surface area contributed by atoms with Crippen LogP contribution in [0.25, 0.3) is 11.0 Å². The molecule has 96 valence electrons. The molecule has 0 bridgehead atoms. The number of amides is 1. The number of para-hydroxylation sites is 2. The number of benzene rings is 1. The van der Waals surface area contributed by atoms with Crippen LogP contribution in [-0.2, 0) is 11.3 Å². The molecule has 6 heteroatoms. The van der Waals surface area contributed by atoms with Gasteiger partial charge in [-0.15, -0.1) is 11.3 Å². The van der Waals surface area contributed by atoms with Crippen LogP contribution in [0, 0.1) is 6.92 Å². The Labute approximate surface area is 113 Å². The molecule has 0 aliphatic carbocycles. The highest BCUT2D eigenvalue weighted by molar-refractivity contribution is 7.13. The van der Waals surface area contributed by atoms with E-state index in [1.165, 1.54) is 11.3 Å². The molecule has 3 aromatic rings. The minimum absolute atomic E-state index is 0.0995. The minimum Gasteiger partial charge on any atom is -0.321 e. The summed E-state index contributed by atoms with van der Waals surface area (Å²) in [5, 5.41) is 5.32. The predicted octanol–water partition coefficient (Wildman–Crippen LogP) is 2.44. The highest BCUT2D eigenvalue weighted by Crippen LogP contribution is 2.15. The molecule has 19 heavy (non-hydrogen) atoms. The van der Waals surface area contributed by atoms with Gasteiger partial charge in [-0.3, -0.25) is 4.79 Å². The minimum atomic E-state index is -0.0995. The fourth-order valence-corrected chi connectivity index (χ4v) is 2.57. The van der Waals surface area contributed by atoms with E-state index in [4.69, 9.17) is 0 Å². The molecule has 0 radical (unpaired) electrons. The molecule has 1 amide bonds. The third kappa shape index (κ3) is 2.48. The smallest absolute Gasteiger partial charge is 0.246 e. The molecule has 0 fully saturated rings. The molecular formula is C13H12N4OS. The Morgan fingerprint density at radius 3 is 3.05 bits per heavy atom. The van der Waals surface area contributed by atoms with E-state index >= 15 is 0 Å². The Bertz CT molecular complexity index is 731. The van der Waals surface area contributed by atoms with Gasteiger partial charge in [-0.05, 0) is 19.1 Å². The van der Waals surface area contributed by atoms with Gasteiger partial charge in [-0.25, -0.2) is 9.97 Å². The number of imidazole rings is 1. The van der Waals surface area contributed by atoms with Crippen LogP contribution in [0.2, 0.25) is 0 Å². The number of carbonyl (C=O) groups excluding carboxylic acids is 1. The topological polar surface area (TPSA) is 59.8 Å². The summed E-state index contributed by atoms with van der Waals surface area (Å²) in [6.07, 6.45) is 1.68. The molecule has 0 saturated heterocycles. The Morgan fingerprint density at radius 2 is 2.26 bits per heavy atom. The van der Waals surface area contributed by atoms with E-state index in [9.17, 15) is 4.79 Å². The summed E-state index contributed by atoms with van der Waals surface area (Å²) < 4.78 is 1.82. The van der Waals surface area contributed by atoms with Gasteiger partial charge in [0.2, 0.25) is 5.91 Å². The number of fused-ring (bicyclic) bond motifs is 1. The van der Waals surface area contributed by atoms with Gasteiger partial charge >= 0.3 is 0 Å². The lowest BCUT2D eigenvalue weighted by Gasteiger charge is -2.03. The quantitative estimate of drug-likeness (QED) is 0.796. The highest BCUT2D eigenvalue weighted by Gasteiger charge is 2.08. The molecule has 2 aromatic heterocycles. The molecule has 5 nitrogen and oxygen atoms in total. The van der Waals surface area contributed by atoms with Gasteiger partial charge in [0.1, 0.15) is 6.54 Å². The van der Waals surface area contributed by atoms with Gasteiger partial charge in [0.15, 0.2) is 5.13 Å². The van der Waals surface area contributed by atoms with Crippen molar-refractivity contribution in [2.24, 2.45) is 0 Å². The third-order valence-electron chi connectivity index (χ3n) is 2.71. The van der Waals surface area contributed by atoms with Crippen LogP contribution in [0.5, 0.6) is 0 Å². The van der Waals surface area contributed by atoms with E-state index in [0.29, 0.717) is 5.13 Å². The molecule has 1 N–H and O–H groups in total. The second-order valence-electron chi connectivity index (χ2n) is 4.20. The summed E-state index contributed by atoms with van der Waals surface area (Å²) in [7, 11) is 0. The van der Waals surface area contributed by atoms with Crippen molar-refractivity contribution in [2.45, 2.75) is 13.5 Å². The van der Waals surface area contributed by atoms with Gasteiger partial charge in [0, 0.05) is 5.38 Å². The molecule has 0 aliphatic rings. The lowest BCUT2D eigenvalue weighted by molar-refractivity contribution is -0.116. The zero-order chi connectivity index (χ0) is 13.2. The van der Waals surface area contributed by atoms with Crippen molar-refractivity contribution in [3.63, 3.8) is 0 Å². The Balaban J connectivity index is 1.76. The molecular weight excluding hydrogens is 260 g/mol. The van der Waals surface area contributed by atoms with E-state index in [2.05, 4.69) is 15.3 Å². The third-order valence-corrected chi connectivity index (χ3v) is 3.58.